The van der Waals surface area contributed by atoms with Gasteiger partial charge >= 0.3 is 0 Å². The lowest BCUT2D eigenvalue weighted by Crippen LogP contribution is -1.99. The molecule has 1 unspecified atom stereocenters. The van der Waals surface area contributed by atoms with Gasteiger partial charge in [-0.05, 0) is 60.1 Å². The predicted octanol–water partition coefficient (Wildman–Crippen LogP) is 6.06. The van der Waals surface area contributed by atoms with Crippen LogP contribution in [0.5, 0.6) is 5.75 Å². The molecule has 4 rings (SSSR count). The number of ether oxygens (including phenoxy) is 1. The zero-order valence-corrected chi connectivity index (χ0v) is 17.3. The quantitative estimate of drug-likeness (QED) is 0.510. The van der Waals surface area contributed by atoms with Gasteiger partial charge in [0.05, 0.1) is 6.61 Å². The summed E-state index contributed by atoms with van der Waals surface area (Å²) in [5.41, 5.74) is 4.08. The maximum Gasteiger partial charge on any atom is 0.258 e. The number of thioether (sulfide) groups is 1. The topological polar surface area (TPSA) is 48.2 Å². The molecule has 28 heavy (non-hydrogen) atoms. The third kappa shape index (κ3) is 4.14. The highest BCUT2D eigenvalue weighted by molar-refractivity contribution is 8.03. The van der Waals surface area contributed by atoms with Crippen LogP contribution in [0.3, 0.4) is 0 Å². The van der Waals surface area contributed by atoms with Crippen molar-refractivity contribution in [3.63, 3.8) is 0 Å². The molecule has 0 bridgehead atoms. The van der Waals surface area contributed by atoms with E-state index in [1.165, 1.54) is 10.7 Å². The van der Waals surface area contributed by atoms with E-state index in [9.17, 15) is 0 Å². The molecule has 5 heteroatoms. The molecule has 3 aromatic rings. The Labute approximate surface area is 170 Å². The second kappa shape index (κ2) is 8.23. The van der Waals surface area contributed by atoms with Gasteiger partial charge in [-0.2, -0.15) is 4.98 Å². The minimum absolute atomic E-state index is 0.544. The lowest BCUT2D eigenvalue weighted by atomic mass is 10.1. The molecule has 0 saturated carbocycles. The van der Waals surface area contributed by atoms with Gasteiger partial charge in [0.25, 0.3) is 5.89 Å². The average molecular weight is 393 g/mol. The van der Waals surface area contributed by atoms with Gasteiger partial charge in [-0.1, -0.05) is 36.4 Å². The summed E-state index contributed by atoms with van der Waals surface area (Å²) in [5, 5.41) is 4.16. The Hall–Kier alpha value is -2.53. The van der Waals surface area contributed by atoms with Crippen LogP contribution in [0.15, 0.2) is 58.0 Å². The van der Waals surface area contributed by atoms with Crippen LogP contribution in [0.1, 0.15) is 24.5 Å². The molecule has 2 aromatic carbocycles. The lowest BCUT2D eigenvalue weighted by molar-refractivity contribution is 0.322. The van der Waals surface area contributed by atoms with Crippen LogP contribution in [0, 0.1) is 19.8 Å². The molecule has 0 radical (unpaired) electrons. The zero-order valence-electron chi connectivity index (χ0n) is 16.4. The second-order valence-corrected chi connectivity index (χ2v) is 8.38. The number of benzene rings is 2. The third-order valence-corrected chi connectivity index (χ3v) is 6.25. The molecule has 1 aromatic heterocycles. The molecule has 0 fully saturated rings. The molecule has 0 N–H and O–H groups in total. The first-order valence-electron chi connectivity index (χ1n) is 9.57. The van der Waals surface area contributed by atoms with Crippen LogP contribution >= 0.6 is 11.8 Å². The number of rotatable bonds is 6. The molecule has 0 amide bonds. The van der Waals surface area contributed by atoms with E-state index in [0.29, 0.717) is 24.2 Å². The maximum absolute atomic E-state index is 6.00. The Morgan fingerprint density at radius 1 is 1.14 bits per heavy atom. The van der Waals surface area contributed by atoms with E-state index in [4.69, 9.17) is 9.26 Å². The van der Waals surface area contributed by atoms with E-state index in [2.05, 4.69) is 23.1 Å². The molecule has 1 aliphatic rings. The number of allylic oxidation sites excluding steroid dienone is 1. The summed E-state index contributed by atoms with van der Waals surface area (Å²) in [4.78, 5) is 6.02. The minimum atomic E-state index is 0.544. The summed E-state index contributed by atoms with van der Waals surface area (Å²) >= 11 is 1.95. The number of hydrogen-bond donors (Lipinski definition) is 0. The molecule has 2 heterocycles. The molecule has 4 nitrogen and oxygen atoms in total. The third-order valence-electron chi connectivity index (χ3n) is 4.84. The van der Waals surface area contributed by atoms with Crippen molar-refractivity contribution >= 4 is 11.8 Å². The fourth-order valence-electron chi connectivity index (χ4n) is 3.28. The van der Waals surface area contributed by atoms with Crippen molar-refractivity contribution in [1.29, 1.82) is 0 Å². The second-order valence-electron chi connectivity index (χ2n) is 7.24. The van der Waals surface area contributed by atoms with Gasteiger partial charge in [0.1, 0.15) is 5.75 Å². The van der Waals surface area contributed by atoms with Gasteiger partial charge < -0.3 is 9.26 Å². The largest absolute Gasteiger partial charge is 0.493 e. The van der Waals surface area contributed by atoms with Crippen molar-refractivity contribution in [2.45, 2.75) is 27.2 Å². The van der Waals surface area contributed by atoms with E-state index in [0.717, 1.165) is 34.4 Å². The zero-order chi connectivity index (χ0) is 19.5. The van der Waals surface area contributed by atoms with Gasteiger partial charge in [-0.15, -0.1) is 11.8 Å². The molecule has 1 aliphatic heterocycles. The van der Waals surface area contributed by atoms with Crippen LogP contribution in [0.2, 0.25) is 0 Å². The Balaban J connectivity index is 1.44. The number of aromatic nitrogens is 2. The van der Waals surface area contributed by atoms with Gasteiger partial charge in [-0.25, -0.2) is 0 Å². The van der Waals surface area contributed by atoms with Crippen LogP contribution < -0.4 is 4.74 Å². The normalized spacial score (nSPS) is 16.2. The van der Waals surface area contributed by atoms with Gasteiger partial charge in [0, 0.05) is 23.3 Å². The minimum Gasteiger partial charge on any atom is -0.493 e. The van der Waals surface area contributed by atoms with E-state index in [1.807, 2.05) is 68.1 Å². The van der Waals surface area contributed by atoms with E-state index in [1.54, 1.807) is 0 Å². The molecular formula is C23H24N2O2S. The maximum atomic E-state index is 6.00. The van der Waals surface area contributed by atoms with E-state index >= 15 is 0 Å². The van der Waals surface area contributed by atoms with Crippen molar-refractivity contribution in [2.24, 2.45) is 5.92 Å². The fraction of sp³-hybridized carbons (Fsp3) is 0.304. The average Bonchev–Trinajstić information content (AvgIpc) is 3.33. The summed E-state index contributed by atoms with van der Waals surface area (Å²) in [6, 6.07) is 14.0. The van der Waals surface area contributed by atoms with E-state index in [-0.39, 0.29) is 0 Å². The monoisotopic (exact) mass is 392 g/mol. The first-order valence-corrected chi connectivity index (χ1v) is 10.6. The molecular weight excluding hydrogens is 368 g/mol. The van der Waals surface area contributed by atoms with Crippen LogP contribution in [0.25, 0.3) is 22.8 Å². The van der Waals surface area contributed by atoms with Crippen molar-refractivity contribution in [1.82, 2.24) is 10.1 Å². The highest BCUT2D eigenvalue weighted by atomic mass is 32.2. The Bertz CT molecular complexity index is 1010. The summed E-state index contributed by atoms with van der Waals surface area (Å²) in [6.45, 7) is 7.04. The van der Waals surface area contributed by atoms with E-state index < -0.39 is 0 Å². The number of hydrogen-bond acceptors (Lipinski definition) is 5. The van der Waals surface area contributed by atoms with Crippen LogP contribution in [-0.4, -0.2) is 22.5 Å². The van der Waals surface area contributed by atoms with Crippen molar-refractivity contribution in [3.8, 4) is 28.6 Å². The lowest BCUT2D eigenvalue weighted by Gasteiger charge is -2.10. The number of nitrogens with zero attached hydrogens (tertiary/aromatic N) is 2. The Morgan fingerprint density at radius 2 is 2.00 bits per heavy atom. The van der Waals surface area contributed by atoms with Crippen molar-refractivity contribution in [2.75, 3.05) is 12.4 Å². The Kier molecular flexibility index (Phi) is 5.53. The molecule has 144 valence electrons. The molecule has 0 spiro atoms. The van der Waals surface area contributed by atoms with Gasteiger partial charge in [0.15, 0.2) is 0 Å². The van der Waals surface area contributed by atoms with Gasteiger partial charge in [0.2, 0.25) is 5.82 Å². The summed E-state index contributed by atoms with van der Waals surface area (Å²) in [7, 11) is 0. The SMILES string of the molecule is Cc1cc(-c2noc(-c3ccccc3C)n2)ccc1OCCC1=CC(C)CS1. The van der Waals surface area contributed by atoms with Crippen molar-refractivity contribution in [3.05, 3.63) is 64.6 Å². The fourth-order valence-corrected chi connectivity index (χ4v) is 4.41. The van der Waals surface area contributed by atoms with Crippen molar-refractivity contribution < 1.29 is 9.26 Å². The standard InChI is InChI=1S/C23H24N2O2S/c1-15-12-19(28-14-15)10-11-26-21-9-8-18(13-17(21)3)22-24-23(27-25-22)20-7-5-4-6-16(20)2/h4-9,12-13,15H,10-11,14H2,1-3H3. The summed E-state index contributed by atoms with van der Waals surface area (Å²) in [6.07, 6.45) is 3.33. The van der Waals surface area contributed by atoms with Crippen LogP contribution in [0.4, 0.5) is 0 Å². The van der Waals surface area contributed by atoms with Gasteiger partial charge in [-0.3, -0.25) is 0 Å². The first-order chi connectivity index (χ1) is 13.6. The highest BCUT2D eigenvalue weighted by Crippen LogP contribution is 2.32. The highest BCUT2D eigenvalue weighted by Gasteiger charge is 2.14. The number of aryl methyl sites for hydroxylation is 2. The Morgan fingerprint density at radius 3 is 2.75 bits per heavy atom. The summed E-state index contributed by atoms with van der Waals surface area (Å²) < 4.78 is 11.5. The molecule has 0 aliphatic carbocycles. The first kappa shape index (κ1) is 18.8. The predicted molar refractivity (Wildman–Crippen MR) is 114 cm³/mol. The molecule has 1 atom stereocenters. The van der Waals surface area contributed by atoms with Crippen LogP contribution in [-0.2, 0) is 0 Å². The molecule has 0 saturated heterocycles. The smallest absolute Gasteiger partial charge is 0.258 e. The summed E-state index contributed by atoms with van der Waals surface area (Å²) in [5.74, 6) is 3.92.